The number of benzene rings is 2. The van der Waals surface area contributed by atoms with Crippen LogP contribution in [0.2, 0.25) is 5.02 Å². The highest BCUT2D eigenvalue weighted by atomic mass is 35.5. The molecular formula is C21H23ClN2O4S. The third kappa shape index (κ3) is 4.91. The highest BCUT2D eigenvalue weighted by molar-refractivity contribution is 7.91. The molecule has 1 fully saturated rings. The predicted octanol–water partition coefficient (Wildman–Crippen LogP) is 3.11. The van der Waals surface area contributed by atoms with Gasteiger partial charge in [0.05, 0.1) is 29.1 Å². The Morgan fingerprint density at radius 2 is 1.97 bits per heavy atom. The second-order valence-corrected chi connectivity index (χ2v) is 10.2. The zero-order chi connectivity index (χ0) is 20.4. The second-order valence-electron chi connectivity index (χ2n) is 7.52. The number of rotatable bonds is 7. The smallest absolute Gasteiger partial charge is 0.150 e. The van der Waals surface area contributed by atoms with Gasteiger partial charge >= 0.3 is 0 Å². The molecule has 1 saturated heterocycles. The number of aromatic nitrogens is 2. The van der Waals surface area contributed by atoms with Gasteiger partial charge in [0.2, 0.25) is 0 Å². The molecule has 0 unspecified atom stereocenters. The van der Waals surface area contributed by atoms with Gasteiger partial charge in [0, 0.05) is 11.4 Å². The Morgan fingerprint density at radius 3 is 2.69 bits per heavy atom. The van der Waals surface area contributed by atoms with E-state index in [1.807, 2.05) is 28.8 Å². The van der Waals surface area contributed by atoms with Crippen LogP contribution in [0.5, 0.6) is 5.75 Å². The Bertz CT molecular complexity index is 1100. The molecule has 2 heterocycles. The quantitative estimate of drug-likeness (QED) is 0.618. The maximum absolute atomic E-state index is 11.8. The van der Waals surface area contributed by atoms with E-state index in [9.17, 15) is 13.5 Å². The minimum atomic E-state index is -2.94. The Labute approximate surface area is 175 Å². The van der Waals surface area contributed by atoms with Gasteiger partial charge < -0.3 is 14.4 Å². The van der Waals surface area contributed by atoms with Crippen LogP contribution in [0.1, 0.15) is 12.2 Å². The first-order valence-electron chi connectivity index (χ1n) is 9.60. The second kappa shape index (κ2) is 8.34. The Balaban J connectivity index is 1.49. The summed E-state index contributed by atoms with van der Waals surface area (Å²) in [5.41, 5.74) is 1.77. The third-order valence-electron chi connectivity index (χ3n) is 5.18. The van der Waals surface area contributed by atoms with Gasteiger partial charge in [-0.3, -0.25) is 0 Å². The van der Waals surface area contributed by atoms with E-state index in [1.165, 1.54) is 0 Å². The summed E-state index contributed by atoms with van der Waals surface area (Å²) in [4.78, 5) is 4.71. The van der Waals surface area contributed by atoms with E-state index < -0.39 is 15.9 Å². The number of ether oxygens (including phenoxy) is 1. The number of nitrogens with zero attached hydrogens (tertiary/aromatic N) is 2. The van der Waals surface area contributed by atoms with Crippen LogP contribution in [0.4, 0.5) is 0 Å². The fourth-order valence-electron chi connectivity index (χ4n) is 3.76. The first kappa shape index (κ1) is 20.2. The lowest BCUT2D eigenvalue weighted by molar-refractivity contribution is 0.0926. The Morgan fingerprint density at radius 1 is 1.21 bits per heavy atom. The molecule has 0 spiro atoms. The highest BCUT2D eigenvalue weighted by Gasteiger charge is 2.29. The van der Waals surface area contributed by atoms with E-state index >= 15 is 0 Å². The maximum Gasteiger partial charge on any atom is 0.150 e. The molecule has 154 valence electrons. The fourth-order valence-corrected chi connectivity index (χ4v) is 5.75. The van der Waals surface area contributed by atoms with Crippen molar-refractivity contribution in [3.05, 3.63) is 59.4 Å². The van der Waals surface area contributed by atoms with E-state index in [-0.39, 0.29) is 24.0 Å². The summed E-state index contributed by atoms with van der Waals surface area (Å²) in [5.74, 6) is 1.96. The predicted molar refractivity (Wildman–Crippen MR) is 113 cm³/mol. The SMILES string of the molecule is O=S1(=O)CC[C@H](Cc2nc3ccccc3n2C[C@@H](O)COc2ccc(Cl)cc2)C1. The lowest BCUT2D eigenvalue weighted by Crippen LogP contribution is -2.25. The molecule has 0 radical (unpaired) electrons. The van der Waals surface area contributed by atoms with E-state index in [2.05, 4.69) is 0 Å². The van der Waals surface area contributed by atoms with E-state index in [4.69, 9.17) is 21.3 Å². The van der Waals surface area contributed by atoms with Crippen LogP contribution in [0.3, 0.4) is 0 Å². The summed E-state index contributed by atoms with van der Waals surface area (Å²) in [6.07, 6.45) is 0.501. The maximum atomic E-state index is 11.8. The van der Waals surface area contributed by atoms with Crippen LogP contribution in [0, 0.1) is 5.92 Å². The van der Waals surface area contributed by atoms with Gasteiger partial charge in [-0.2, -0.15) is 0 Å². The van der Waals surface area contributed by atoms with Gasteiger partial charge in [0.15, 0.2) is 9.84 Å². The number of para-hydroxylation sites is 2. The number of imidazole rings is 1. The first-order chi connectivity index (χ1) is 13.9. The zero-order valence-corrected chi connectivity index (χ0v) is 17.4. The van der Waals surface area contributed by atoms with Crippen molar-refractivity contribution in [3.8, 4) is 5.75 Å². The van der Waals surface area contributed by atoms with Crippen LogP contribution in [-0.4, -0.2) is 47.3 Å². The number of hydrogen-bond acceptors (Lipinski definition) is 5. The van der Waals surface area contributed by atoms with Crippen molar-refractivity contribution in [3.63, 3.8) is 0 Å². The van der Waals surface area contributed by atoms with E-state index in [0.29, 0.717) is 30.2 Å². The summed E-state index contributed by atoms with van der Waals surface area (Å²) in [5, 5.41) is 11.2. The number of halogens is 1. The van der Waals surface area contributed by atoms with Crippen LogP contribution in [0.25, 0.3) is 11.0 Å². The summed E-state index contributed by atoms with van der Waals surface area (Å²) in [7, 11) is -2.94. The molecule has 0 amide bonds. The van der Waals surface area contributed by atoms with Crippen LogP contribution in [0.15, 0.2) is 48.5 Å². The van der Waals surface area contributed by atoms with Gasteiger partial charge in [-0.05, 0) is 48.7 Å². The van der Waals surface area contributed by atoms with Crippen molar-refractivity contribution in [2.24, 2.45) is 5.92 Å². The Kier molecular flexibility index (Phi) is 5.81. The molecule has 2 atom stereocenters. The molecule has 29 heavy (non-hydrogen) atoms. The van der Waals surface area contributed by atoms with Crippen molar-refractivity contribution < 1.29 is 18.3 Å². The molecule has 0 aliphatic carbocycles. The third-order valence-corrected chi connectivity index (χ3v) is 7.27. The molecule has 1 aromatic heterocycles. The fraction of sp³-hybridized carbons (Fsp3) is 0.381. The number of fused-ring (bicyclic) bond motifs is 1. The molecule has 8 heteroatoms. The minimum Gasteiger partial charge on any atom is -0.491 e. The number of aliphatic hydroxyl groups is 1. The molecule has 0 saturated carbocycles. The standard InChI is InChI=1S/C21H23ClN2O4S/c22-16-5-7-18(8-6-16)28-13-17(25)12-24-20-4-2-1-3-19(20)23-21(24)11-15-9-10-29(26,27)14-15/h1-8,15,17,25H,9-14H2/t15-,17-/m1/s1. The number of hydrogen-bond donors (Lipinski definition) is 1. The van der Waals surface area contributed by atoms with Crippen LogP contribution >= 0.6 is 11.6 Å². The van der Waals surface area contributed by atoms with Crippen molar-refractivity contribution in [1.82, 2.24) is 9.55 Å². The molecular weight excluding hydrogens is 412 g/mol. The van der Waals surface area contributed by atoms with Crippen LogP contribution < -0.4 is 4.74 Å². The average molecular weight is 435 g/mol. The summed E-state index contributed by atoms with van der Waals surface area (Å²) < 4.78 is 31.3. The topological polar surface area (TPSA) is 81.4 Å². The molecule has 3 aromatic rings. The molecule has 4 rings (SSSR count). The largest absolute Gasteiger partial charge is 0.491 e. The molecule has 0 bridgehead atoms. The molecule has 1 N–H and O–H groups in total. The van der Waals surface area contributed by atoms with Crippen molar-refractivity contribution in [1.29, 1.82) is 0 Å². The van der Waals surface area contributed by atoms with Crippen LogP contribution in [-0.2, 0) is 22.8 Å². The van der Waals surface area contributed by atoms with Gasteiger partial charge in [0.1, 0.15) is 24.3 Å². The van der Waals surface area contributed by atoms with E-state index in [0.717, 1.165) is 16.9 Å². The van der Waals surface area contributed by atoms with Gasteiger partial charge in [-0.25, -0.2) is 13.4 Å². The minimum absolute atomic E-state index is 0.0676. The molecule has 1 aliphatic rings. The highest BCUT2D eigenvalue weighted by Crippen LogP contribution is 2.25. The normalized spacial score (nSPS) is 19.4. The molecule has 2 aromatic carbocycles. The van der Waals surface area contributed by atoms with E-state index in [1.54, 1.807) is 24.3 Å². The molecule has 1 aliphatic heterocycles. The Hall–Kier alpha value is -2.09. The van der Waals surface area contributed by atoms with Crippen molar-refractivity contribution >= 4 is 32.5 Å². The van der Waals surface area contributed by atoms with Crippen molar-refractivity contribution in [2.45, 2.75) is 25.5 Å². The molecule has 6 nitrogen and oxygen atoms in total. The van der Waals surface area contributed by atoms with Gasteiger partial charge in [0.25, 0.3) is 0 Å². The average Bonchev–Trinajstić information content (AvgIpc) is 3.21. The van der Waals surface area contributed by atoms with Crippen molar-refractivity contribution in [2.75, 3.05) is 18.1 Å². The lowest BCUT2D eigenvalue weighted by atomic mass is 10.1. The number of sulfone groups is 1. The number of aliphatic hydroxyl groups excluding tert-OH is 1. The summed E-state index contributed by atoms with van der Waals surface area (Å²) in [6.45, 7) is 0.453. The zero-order valence-electron chi connectivity index (χ0n) is 15.9. The van der Waals surface area contributed by atoms with Gasteiger partial charge in [-0.15, -0.1) is 0 Å². The van der Waals surface area contributed by atoms with Gasteiger partial charge in [-0.1, -0.05) is 23.7 Å². The monoisotopic (exact) mass is 434 g/mol. The lowest BCUT2D eigenvalue weighted by Gasteiger charge is -2.17. The first-order valence-corrected chi connectivity index (χ1v) is 11.8. The summed E-state index contributed by atoms with van der Waals surface area (Å²) >= 11 is 5.88. The summed E-state index contributed by atoms with van der Waals surface area (Å²) in [6, 6.07) is 14.7.